The van der Waals surface area contributed by atoms with Gasteiger partial charge in [0, 0.05) is 14.7 Å². The van der Waals surface area contributed by atoms with Crippen molar-refractivity contribution in [1.29, 1.82) is 0 Å². The average molecular weight is 480 g/mol. The molecule has 0 heterocycles. The van der Waals surface area contributed by atoms with E-state index in [1.54, 1.807) is 21.3 Å². The summed E-state index contributed by atoms with van der Waals surface area (Å²) in [5, 5.41) is 0. The fraction of sp³-hybridized carbons (Fsp3) is 0.143. The molecule has 0 aromatic heterocycles. The van der Waals surface area contributed by atoms with Crippen molar-refractivity contribution in [3.63, 3.8) is 0 Å². The van der Waals surface area contributed by atoms with Crippen LogP contribution in [0.25, 0.3) is 0 Å². The Labute approximate surface area is 168 Å². The number of rotatable bonds is 6. The molecule has 0 amide bonds. The molecule has 136 valence electrons. The summed E-state index contributed by atoms with van der Waals surface area (Å²) in [6, 6.07) is 24.5. The van der Waals surface area contributed by atoms with E-state index in [0.717, 1.165) is 31.9 Å². The predicted molar refractivity (Wildman–Crippen MR) is 115 cm³/mol. The standard InChI is InChI=1S/C21H21IO3S/c1-23-16-10-4-7-13-19(16)26(22,20-14-8-5-11-17(20)24-2)21-15-9-6-12-18(21)25-3/h4-15H,1-3H3. The van der Waals surface area contributed by atoms with Gasteiger partial charge in [-0.2, -0.15) is 0 Å². The average Bonchev–Trinajstić information content (AvgIpc) is 2.73. The molecule has 3 nitrogen and oxygen atoms in total. The molecule has 0 fully saturated rings. The summed E-state index contributed by atoms with van der Waals surface area (Å²) in [5.41, 5.74) is 0. The summed E-state index contributed by atoms with van der Waals surface area (Å²) in [4.78, 5) is 3.37. The first-order valence-electron chi connectivity index (χ1n) is 8.09. The van der Waals surface area contributed by atoms with Crippen LogP contribution in [0.5, 0.6) is 17.2 Å². The van der Waals surface area contributed by atoms with Crippen LogP contribution in [0, 0.1) is 0 Å². The third-order valence-electron chi connectivity index (χ3n) is 4.12. The van der Waals surface area contributed by atoms with Crippen LogP contribution in [0.3, 0.4) is 0 Å². The maximum absolute atomic E-state index is 5.72. The van der Waals surface area contributed by atoms with E-state index >= 15 is 0 Å². The van der Waals surface area contributed by atoms with Crippen molar-refractivity contribution >= 4 is 28.4 Å². The SMILES string of the molecule is COc1ccccc1S(I)(c1ccccc1OC)c1ccccc1OC. The Morgan fingerprint density at radius 1 is 0.538 bits per heavy atom. The highest BCUT2D eigenvalue weighted by atomic mass is 127. The van der Waals surface area contributed by atoms with Crippen LogP contribution in [0.2, 0.25) is 0 Å². The lowest BCUT2D eigenvalue weighted by Crippen LogP contribution is -2.03. The van der Waals surface area contributed by atoms with Gasteiger partial charge in [-0.3, -0.25) is 0 Å². The molecule has 3 aromatic carbocycles. The van der Waals surface area contributed by atoms with E-state index in [-0.39, 0.29) is 0 Å². The number of hydrogen-bond acceptors (Lipinski definition) is 3. The van der Waals surface area contributed by atoms with Gasteiger partial charge >= 0.3 is 0 Å². The van der Waals surface area contributed by atoms with Crippen molar-refractivity contribution in [2.45, 2.75) is 14.7 Å². The van der Waals surface area contributed by atoms with Gasteiger partial charge in [0.25, 0.3) is 0 Å². The van der Waals surface area contributed by atoms with Gasteiger partial charge in [-0.05, 0) is 57.6 Å². The minimum atomic E-state index is -1.71. The lowest BCUT2D eigenvalue weighted by Gasteiger charge is -2.37. The second kappa shape index (κ2) is 8.22. The van der Waals surface area contributed by atoms with Gasteiger partial charge in [-0.15, -0.1) is 0 Å². The summed E-state index contributed by atoms with van der Waals surface area (Å²) >= 11 is 2.56. The number of benzene rings is 3. The van der Waals surface area contributed by atoms with Crippen molar-refractivity contribution in [3.05, 3.63) is 72.8 Å². The number of para-hydroxylation sites is 3. The zero-order valence-electron chi connectivity index (χ0n) is 14.9. The molecule has 0 atom stereocenters. The van der Waals surface area contributed by atoms with Gasteiger partial charge < -0.3 is 14.2 Å². The summed E-state index contributed by atoms with van der Waals surface area (Å²) in [6.07, 6.45) is 0. The minimum absolute atomic E-state index is 0.855. The second-order valence-corrected chi connectivity index (χ2v) is 11.8. The minimum Gasteiger partial charge on any atom is -0.496 e. The first-order valence-corrected chi connectivity index (χ1v) is 12.3. The summed E-state index contributed by atoms with van der Waals surface area (Å²) < 4.78 is 17.1. The monoisotopic (exact) mass is 480 g/mol. The van der Waals surface area contributed by atoms with Gasteiger partial charge in [0.2, 0.25) is 0 Å². The molecule has 0 saturated heterocycles. The van der Waals surface area contributed by atoms with E-state index in [1.807, 2.05) is 54.6 Å². The largest absolute Gasteiger partial charge is 0.496 e. The van der Waals surface area contributed by atoms with E-state index < -0.39 is 7.20 Å². The van der Waals surface area contributed by atoms with Crippen LogP contribution in [0.15, 0.2) is 87.5 Å². The predicted octanol–water partition coefficient (Wildman–Crippen LogP) is 6.34. The Bertz CT molecular complexity index is 782. The van der Waals surface area contributed by atoms with Crippen molar-refractivity contribution in [1.82, 2.24) is 0 Å². The van der Waals surface area contributed by atoms with Crippen LogP contribution < -0.4 is 14.2 Å². The van der Waals surface area contributed by atoms with Crippen LogP contribution >= 0.6 is 28.4 Å². The van der Waals surface area contributed by atoms with Crippen LogP contribution in [0.4, 0.5) is 0 Å². The lowest BCUT2D eigenvalue weighted by atomic mass is 10.3. The normalized spacial score (nSPS) is 11.7. The van der Waals surface area contributed by atoms with Crippen molar-refractivity contribution in [2.75, 3.05) is 21.3 Å². The number of hydrogen-bond donors (Lipinski definition) is 0. The number of methoxy groups -OCH3 is 3. The maximum Gasteiger partial charge on any atom is 0.132 e. The Hall–Kier alpha value is -1.86. The van der Waals surface area contributed by atoms with E-state index in [2.05, 4.69) is 39.4 Å². The Morgan fingerprint density at radius 3 is 1.08 bits per heavy atom. The Balaban J connectivity index is 2.40. The van der Waals surface area contributed by atoms with Crippen molar-refractivity contribution < 1.29 is 14.2 Å². The molecule has 0 spiro atoms. The molecule has 0 aliphatic rings. The molecule has 3 aromatic rings. The molecule has 0 radical (unpaired) electrons. The van der Waals surface area contributed by atoms with Gasteiger partial charge in [-0.25, -0.2) is 0 Å². The number of ether oxygens (including phenoxy) is 3. The van der Waals surface area contributed by atoms with Crippen molar-refractivity contribution in [2.24, 2.45) is 0 Å². The third-order valence-corrected chi connectivity index (χ3v) is 11.2. The molecule has 0 unspecified atom stereocenters. The maximum atomic E-state index is 5.72. The van der Waals surface area contributed by atoms with E-state index in [9.17, 15) is 0 Å². The molecule has 0 bridgehead atoms. The molecule has 0 N–H and O–H groups in total. The van der Waals surface area contributed by atoms with Crippen LogP contribution in [0.1, 0.15) is 0 Å². The van der Waals surface area contributed by atoms with E-state index in [1.165, 1.54) is 0 Å². The van der Waals surface area contributed by atoms with Gasteiger partial charge in [-0.1, -0.05) is 43.6 Å². The van der Waals surface area contributed by atoms with Gasteiger partial charge in [0.1, 0.15) is 17.2 Å². The van der Waals surface area contributed by atoms with Gasteiger partial charge in [0.15, 0.2) is 0 Å². The number of halogens is 1. The summed E-state index contributed by atoms with van der Waals surface area (Å²) in [6.45, 7) is 0. The lowest BCUT2D eigenvalue weighted by molar-refractivity contribution is 0.399. The molecule has 26 heavy (non-hydrogen) atoms. The molecule has 0 saturated carbocycles. The zero-order valence-corrected chi connectivity index (χ0v) is 17.9. The highest BCUT2D eigenvalue weighted by molar-refractivity contribution is 14.2. The first-order chi connectivity index (χ1) is 12.7. The topological polar surface area (TPSA) is 27.7 Å². The molecule has 3 rings (SSSR count). The quantitative estimate of drug-likeness (QED) is 0.385. The molecular weight excluding hydrogens is 459 g/mol. The zero-order chi connectivity index (χ0) is 18.6. The molecule has 0 aliphatic heterocycles. The highest BCUT2D eigenvalue weighted by Gasteiger charge is 2.35. The van der Waals surface area contributed by atoms with Crippen molar-refractivity contribution in [3.8, 4) is 17.2 Å². The summed E-state index contributed by atoms with van der Waals surface area (Å²) in [7, 11) is 3.42. The smallest absolute Gasteiger partial charge is 0.132 e. The molecule has 5 heteroatoms. The fourth-order valence-corrected chi connectivity index (χ4v) is 8.98. The Kier molecular flexibility index (Phi) is 5.98. The van der Waals surface area contributed by atoms with Crippen LogP contribution in [-0.2, 0) is 0 Å². The van der Waals surface area contributed by atoms with Crippen LogP contribution in [-0.4, -0.2) is 21.3 Å². The summed E-state index contributed by atoms with van der Waals surface area (Å²) in [5.74, 6) is 2.57. The fourth-order valence-electron chi connectivity index (χ4n) is 2.91. The first kappa shape index (κ1) is 18.9. The molecule has 0 aliphatic carbocycles. The molecular formula is C21H21IO3S. The van der Waals surface area contributed by atoms with E-state index in [0.29, 0.717) is 0 Å². The third kappa shape index (κ3) is 3.25. The Morgan fingerprint density at radius 2 is 0.808 bits per heavy atom. The highest BCUT2D eigenvalue weighted by Crippen LogP contribution is 2.79. The van der Waals surface area contributed by atoms with E-state index in [4.69, 9.17) is 14.2 Å². The van der Waals surface area contributed by atoms with Gasteiger partial charge in [0.05, 0.1) is 21.3 Å². The second-order valence-electron chi connectivity index (χ2n) is 5.49.